The molecule has 0 fully saturated rings. The number of ether oxygens (including phenoxy) is 1. The van der Waals surface area contributed by atoms with Crippen LogP contribution < -0.4 is 5.73 Å². The normalized spacial score (nSPS) is 10.2. The van der Waals surface area contributed by atoms with Gasteiger partial charge >= 0.3 is 5.97 Å². The van der Waals surface area contributed by atoms with Gasteiger partial charge in [0.2, 0.25) is 0 Å². The van der Waals surface area contributed by atoms with Gasteiger partial charge in [0, 0.05) is 6.20 Å². The van der Waals surface area contributed by atoms with Crippen LogP contribution in [0.5, 0.6) is 0 Å². The molecule has 7 heteroatoms. The van der Waals surface area contributed by atoms with E-state index in [1.165, 1.54) is 18.0 Å². The predicted molar refractivity (Wildman–Crippen MR) is 64.8 cm³/mol. The van der Waals surface area contributed by atoms with Crippen molar-refractivity contribution in [1.29, 1.82) is 0 Å². The molecule has 0 unspecified atom stereocenters. The molecule has 0 atom stereocenters. The zero-order valence-corrected chi connectivity index (χ0v) is 10.5. The molecular weight excluding hydrogens is 288 g/mol. The molecule has 0 saturated carbocycles. The van der Waals surface area contributed by atoms with E-state index in [0.717, 1.165) is 4.47 Å². The molecule has 2 heterocycles. The van der Waals surface area contributed by atoms with E-state index >= 15 is 0 Å². The highest BCUT2D eigenvalue weighted by Crippen LogP contribution is 2.20. The molecule has 0 radical (unpaired) electrons. The maximum Gasteiger partial charge on any atom is 0.360 e. The summed E-state index contributed by atoms with van der Waals surface area (Å²) in [7, 11) is 1.28. The van der Waals surface area contributed by atoms with Crippen molar-refractivity contribution in [3.63, 3.8) is 0 Å². The van der Waals surface area contributed by atoms with Crippen LogP contribution in [0.3, 0.4) is 0 Å². The molecule has 0 aliphatic rings. The molecule has 0 spiro atoms. The lowest BCUT2D eigenvalue weighted by atomic mass is 10.4. The molecule has 0 aliphatic heterocycles. The Balaban J connectivity index is 2.49. The Morgan fingerprint density at radius 3 is 3.00 bits per heavy atom. The lowest BCUT2D eigenvalue weighted by Gasteiger charge is -2.01. The average molecular weight is 297 g/mol. The number of pyridine rings is 1. The summed E-state index contributed by atoms with van der Waals surface area (Å²) in [5, 5.41) is 4.04. The number of carbonyl (C=O) groups is 1. The van der Waals surface area contributed by atoms with E-state index in [1.54, 1.807) is 12.3 Å². The number of esters is 1. The number of rotatable bonds is 2. The average Bonchev–Trinajstić information content (AvgIpc) is 2.71. The Labute approximate surface area is 106 Å². The van der Waals surface area contributed by atoms with Crippen LogP contribution in [0.1, 0.15) is 10.5 Å². The Bertz CT molecular complexity index is 567. The molecule has 0 amide bonds. The number of anilines is 1. The molecule has 6 nitrogen and oxygen atoms in total. The minimum atomic E-state index is -0.576. The predicted octanol–water partition coefficient (Wildman–Crippen LogP) is 1.40. The molecule has 2 aromatic rings. The molecule has 2 N–H and O–H groups in total. The number of hydrogen-bond donors (Lipinski definition) is 1. The number of nitrogen functional groups attached to an aromatic ring is 1. The highest BCUT2D eigenvalue weighted by atomic mass is 79.9. The molecule has 17 heavy (non-hydrogen) atoms. The van der Waals surface area contributed by atoms with Gasteiger partial charge in [-0.15, -0.1) is 0 Å². The summed E-state index contributed by atoms with van der Waals surface area (Å²) < 4.78 is 6.74. The second kappa shape index (κ2) is 4.54. The summed E-state index contributed by atoms with van der Waals surface area (Å²) in [4.78, 5) is 15.5. The first-order valence-electron chi connectivity index (χ1n) is 4.68. The first-order chi connectivity index (χ1) is 8.13. The fourth-order valence-electron chi connectivity index (χ4n) is 1.30. The fraction of sp³-hybridized carbons (Fsp3) is 0.100. The molecule has 2 aromatic heterocycles. The van der Waals surface area contributed by atoms with Crippen LogP contribution in [0.4, 0.5) is 5.69 Å². The topological polar surface area (TPSA) is 83.0 Å². The largest absolute Gasteiger partial charge is 0.464 e. The van der Waals surface area contributed by atoms with Crippen molar-refractivity contribution >= 4 is 27.6 Å². The van der Waals surface area contributed by atoms with Crippen LogP contribution in [-0.2, 0) is 4.74 Å². The fourth-order valence-corrected chi connectivity index (χ4v) is 1.73. The van der Waals surface area contributed by atoms with E-state index in [1.807, 2.05) is 6.07 Å². The van der Waals surface area contributed by atoms with Gasteiger partial charge in [-0.1, -0.05) is 0 Å². The molecule has 0 aromatic carbocycles. The van der Waals surface area contributed by atoms with Crippen LogP contribution in [0.2, 0.25) is 0 Å². The van der Waals surface area contributed by atoms with Gasteiger partial charge in [0.25, 0.3) is 0 Å². The first-order valence-corrected chi connectivity index (χ1v) is 5.47. The van der Waals surface area contributed by atoms with E-state index in [4.69, 9.17) is 5.73 Å². The van der Waals surface area contributed by atoms with Gasteiger partial charge in [-0.3, -0.25) is 0 Å². The van der Waals surface area contributed by atoms with E-state index < -0.39 is 5.97 Å². The quantitative estimate of drug-likeness (QED) is 0.847. The summed E-state index contributed by atoms with van der Waals surface area (Å²) >= 11 is 3.34. The number of carbonyl (C=O) groups excluding carboxylic acids is 1. The summed E-state index contributed by atoms with van der Waals surface area (Å²) in [6, 6.07) is 3.60. The molecule has 88 valence electrons. The van der Waals surface area contributed by atoms with Crippen molar-refractivity contribution in [2.75, 3.05) is 12.8 Å². The molecule has 0 saturated heterocycles. The van der Waals surface area contributed by atoms with Crippen LogP contribution in [0.25, 0.3) is 5.82 Å². The first kappa shape index (κ1) is 11.6. The van der Waals surface area contributed by atoms with E-state index in [2.05, 4.69) is 30.7 Å². The second-order valence-electron chi connectivity index (χ2n) is 3.18. The van der Waals surface area contributed by atoms with Gasteiger partial charge in [0.05, 0.1) is 23.5 Å². The minimum absolute atomic E-state index is 0.0741. The lowest BCUT2D eigenvalue weighted by molar-refractivity contribution is 0.0594. The Morgan fingerprint density at radius 2 is 2.35 bits per heavy atom. The van der Waals surface area contributed by atoms with Gasteiger partial charge in [-0.25, -0.2) is 14.5 Å². The van der Waals surface area contributed by atoms with Crippen molar-refractivity contribution in [3.05, 3.63) is 34.7 Å². The number of nitrogens with zero attached hydrogens (tertiary/aromatic N) is 3. The Kier molecular flexibility index (Phi) is 3.10. The molecule has 2 rings (SSSR count). The van der Waals surface area contributed by atoms with E-state index in [-0.39, 0.29) is 11.4 Å². The van der Waals surface area contributed by atoms with Crippen molar-refractivity contribution in [1.82, 2.24) is 14.8 Å². The van der Waals surface area contributed by atoms with Gasteiger partial charge < -0.3 is 10.5 Å². The van der Waals surface area contributed by atoms with Crippen LogP contribution in [0.15, 0.2) is 29.0 Å². The number of methoxy groups -OCH3 is 1. The number of hydrogen-bond acceptors (Lipinski definition) is 5. The standard InChI is InChI=1S/C10H9BrN4O2/c1-17-10(16)8-7(12)5-15(14-8)9-6(11)3-2-4-13-9/h2-5H,12H2,1H3. The van der Waals surface area contributed by atoms with Gasteiger partial charge in [0.15, 0.2) is 11.5 Å². The Hall–Kier alpha value is -1.89. The number of halogens is 1. The summed E-state index contributed by atoms with van der Waals surface area (Å²) in [5.74, 6) is -0.0253. The minimum Gasteiger partial charge on any atom is -0.464 e. The van der Waals surface area contributed by atoms with E-state index in [0.29, 0.717) is 5.82 Å². The number of aromatic nitrogens is 3. The third-order valence-corrected chi connectivity index (χ3v) is 2.70. The smallest absolute Gasteiger partial charge is 0.360 e. The SMILES string of the molecule is COC(=O)c1nn(-c2ncccc2Br)cc1N. The van der Waals surface area contributed by atoms with Crippen LogP contribution in [-0.4, -0.2) is 27.8 Å². The van der Waals surface area contributed by atoms with Gasteiger partial charge in [-0.2, -0.15) is 5.10 Å². The maximum absolute atomic E-state index is 11.4. The van der Waals surface area contributed by atoms with Crippen molar-refractivity contribution in [3.8, 4) is 5.82 Å². The Morgan fingerprint density at radius 1 is 1.59 bits per heavy atom. The summed E-state index contributed by atoms with van der Waals surface area (Å²) in [6.07, 6.45) is 3.13. The van der Waals surface area contributed by atoms with Crippen molar-refractivity contribution in [2.24, 2.45) is 0 Å². The van der Waals surface area contributed by atoms with Crippen molar-refractivity contribution in [2.45, 2.75) is 0 Å². The zero-order chi connectivity index (χ0) is 12.4. The van der Waals surface area contributed by atoms with Crippen LogP contribution in [0, 0.1) is 0 Å². The van der Waals surface area contributed by atoms with Crippen molar-refractivity contribution < 1.29 is 9.53 Å². The second-order valence-corrected chi connectivity index (χ2v) is 4.03. The zero-order valence-electron chi connectivity index (χ0n) is 8.92. The highest BCUT2D eigenvalue weighted by molar-refractivity contribution is 9.10. The van der Waals surface area contributed by atoms with Gasteiger partial charge in [0.1, 0.15) is 0 Å². The highest BCUT2D eigenvalue weighted by Gasteiger charge is 2.16. The maximum atomic E-state index is 11.4. The van der Waals surface area contributed by atoms with Crippen LogP contribution >= 0.6 is 15.9 Å². The van der Waals surface area contributed by atoms with E-state index in [9.17, 15) is 4.79 Å². The third-order valence-electron chi connectivity index (χ3n) is 2.08. The summed E-state index contributed by atoms with van der Waals surface area (Å²) in [5.41, 5.74) is 6.00. The monoisotopic (exact) mass is 296 g/mol. The lowest BCUT2D eigenvalue weighted by Crippen LogP contribution is -2.06. The molecular formula is C10H9BrN4O2. The molecule has 0 bridgehead atoms. The third kappa shape index (κ3) is 2.14. The van der Waals surface area contributed by atoms with Gasteiger partial charge in [-0.05, 0) is 28.1 Å². The number of nitrogens with two attached hydrogens (primary N) is 1. The molecule has 0 aliphatic carbocycles. The summed E-state index contributed by atoms with van der Waals surface area (Å²) in [6.45, 7) is 0.